The van der Waals surface area contributed by atoms with Gasteiger partial charge < -0.3 is 16.4 Å². The summed E-state index contributed by atoms with van der Waals surface area (Å²) in [6.45, 7) is 8.32. The Kier molecular flexibility index (Phi) is 4.86. The highest BCUT2D eigenvalue weighted by Crippen LogP contribution is 1.87. The van der Waals surface area contributed by atoms with Gasteiger partial charge >= 0.3 is 0 Å². The molecule has 0 bridgehead atoms. The molecule has 0 aliphatic heterocycles. The topological polar surface area (TPSA) is 84.2 Å². The molecule has 0 aliphatic carbocycles. The average molecular weight is 199 g/mol. The number of nitrogens with one attached hydrogen (secondary N) is 2. The Bertz CT molecular complexity index is 248. The van der Waals surface area contributed by atoms with E-state index < -0.39 is 12.1 Å². The summed E-state index contributed by atoms with van der Waals surface area (Å²) in [6, 6.07) is -1.22. The molecule has 4 N–H and O–H groups in total. The third-order valence-electron chi connectivity index (χ3n) is 1.50. The number of nitrogens with two attached hydrogens (primary N) is 1. The minimum atomic E-state index is -0.616. The van der Waals surface area contributed by atoms with Crippen molar-refractivity contribution in [2.24, 2.45) is 5.73 Å². The van der Waals surface area contributed by atoms with E-state index in [1.807, 2.05) is 0 Å². The largest absolute Gasteiger partial charge is 0.343 e. The van der Waals surface area contributed by atoms with Gasteiger partial charge in [-0.15, -0.1) is 0 Å². The molecule has 2 amide bonds. The molecule has 0 aromatic rings. The van der Waals surface area contributed by atoms with Crippen LogP contribution in [0.2, 0.25) is 0 Å². The Morgan fingerprint density at radius 3 is 2.14 bits per heavy atom. The molecule has 0 unspecified atom stereocenters. The first-order chi connectivity index (χ1) is 6.34. The van der Waals surface area contributed by atoms with Gasteiger partial charge in [-0.2, -0.15) is 0 Å². The first kappa shape index (κ1) is 12.6. The van der Waals surface area contributed by atoms with Crippen LogP contribution in [0.25, 0.3) is 0 Å². The number of rotatable bonds is 4. The second-order valence-corrected chi connectivity index (χ2v) is 3.29. The van der Waals surface area contributed by atoms with E-state index in [1.54, 1.807) is 20.8 Å². The normalized spacial score (nSPS) is 14.0. The van der Waals surface area contributed by atoms with Gasteiger partial charge in [-0.3, -0.25) is 9.59 Å². The van der Waals surface area contributed by atoms with Gasteiger partial charge in [0.2, 0.25) is 11.8 Å². The number of hydrogen-bond donors (Lipinski definition) is 3. The van der Waals surface area contributed by atoms with Crippen LogP contribution in [0.3, 0.4) is 0 Å². The summed E-state index contributed by atoms with van der Waals surface area (Å²) in [4.78, 5) is 22.4. The van der Waals surface area contributed by atoms with Crippen molar-refractivity contribution in [2.75, 3.05) is 0 Å². The maximum absolute atomic E-state index is 11.3. The molecule has 0 rings (SSSR count). The summed E-state index contributed by atoms with van der Waals surface area (Å²) in [6.07, 6.45) is 0. The van der Waals surface area contributed by atoms with Crippen LogP contribution in [0.4, 0.5) is 0 Å². The van der Waals surface area contributed by atoms with E-state index in [-0.39, 0.29) is 11.8 Å². The maximum atomic E-state index is 11.3. The SMILES string of the molecule is C=C(C)NC(=O)[C@H](C)NC(=O)[C@H](C)N. The molecule has 0 saturated heterocycles. The van der Waals surface area contributed by atoms with Gasteiger partial charge in [0.15, 0.2) is 0 Å². The molecule has 0 aliphatic rings. The standard InChI is InChI=1S/C9H17N3O2/c1-5(2)11-9(14)7(4)12-8(13)6(3)10/h6-7H,1,10H2,2-4H3,(H,11,14)(H,12,13)/t6-,7-/m0/s1. The number of carbonyl (C=O) groups is 2. The maximum Gasteiger partial charge on any atom is 0.246 e. The second kappa shape index (κ2) is 5.39. The second-order valence-electron chi connectivity index (χ2n) is 3.29. The summed E-state index contributed by atoms with van der Waals surface area (Å²) in [7, 11) is 0. The Morgan fingerprint density at radius 2 is 1.79 bits per heavy atom. The lowest BCUT2D eigenvalue weighted by Crippen LogP contribution is -2.49. The van der Waals surface area contributed by atoms with E-state index in [0.717, 1.165) is 0 Å². The predicted molar refractivity (Wildman–Crippen MR) is 54.2 cm³/mol. The van der Waals surface area contributed by atoms with Crippen molar-refractivity contribution in [1.29, 1.82) is 0 Å². The lowest BCUT2D eigenvalue weighted by atomic mass is 10.2. The van der Waals surface area contributed by atoms with Crippen molar-refractivity contribution < 1.29 is 9.59 Å². The zero-order valence-corrected chi connectivity index (χ0v) is 8.76. The monoisotopic (exact) mass is 199 g/mol. The molecule has 80 valence electrons. The minimum absolute atomic E-state index is 0.300. The van der Waals surface area contributed by atoms with Crippen LogP contribution in [-0.2, 0) is 9.59 Å². The van der Waals surface area contributed by atoms with Crippen LogP contribution in [0.15, 0.2) is 12.3 Å². The fraction of sp³-hybridized carbons (Fsp3) is 0.556. The molecule has 0 fully saturated rings. The van der Waals surface area contributed by atoms with Gasteiger partial charge in [-0.25, -0.2) is 0 Å². The first-order valence-electron chi connectivity index (χ1n) is 4.37. The van der Waals surface area contributed by atoms with Crippen LogP contribution in [-0.4, -0.2) is 23.9 Å². The molecule has 5 nitrogen and oxygen atoms in total. The number of hydrogen-bond acceptors (Lipinski definition) is 3. The minimum Gasteiger partial charge on any atom is -0.343 e. The lowest BCUT2D eigenvalue weighted by Gasteiger charge is -2.15. The third-order valence-corrected chi connectivity index (χ3v) is 1.50. The molecule has 14 heavy (non-hydrogen) atoms. The fourth-order valence-electron chi connectivity index (χ4n) is 0.729. The van der Waals surface area contributed by atoms with E-state index >= 15 is 0 Å². The summed E-state index contributed by atoms with van der Waals surface area (Å²) in [5, 5.41) is 4.97. The molecule has 0 heterocycles. The first-order valence-corrected chi connectivity index (χ1v) is 4.37. The van der Waals surface area contributed by atoms with Crippen molar-refractivity contribution in [3.8, 4) is 0 Å². The van der Waals surface area contributed by atoms with E-state index in [0.29, 0.717) is 5.70 Å². The number of amides is 2. The molecule has 0 saturated carbocycles. The van der Waals surface area contributed by atoms with Crippen molar-refractivity contribution in [3.63, 3.8) is 0 Å². The highest BCUT2D eigenvalue weighted by Gasteiger charge is 2.16. The van der Waals surface area contributed by atoms with Gasteiger partial charge in [0, 0.05) is 5.70 Å². The number of carbonyl (C=O) groups excluding carboxylic acids is 2. The summed E-state index contributed by atoms with van der Waals surface area (Å²) in [5.41, 5.74) is 5.86. The van der Waals surface area contributed by atoms with Crippen LogP contribution in [0, 0.1) is 0 Å². The molecule has 0 spiro atoms. The molecular weight excluding hydrogens is 182 g/mol. The van der Waals surface area contributed by atoms with Gasteiger partial charge in [0.25, 0.3) is 0 Å². The van der Waals surface area contributed by atoms with Crippen LogP contribution >= 0.6 is 0 Å². The Balaban J connectivity index is 4.08. The lowest BCUT2D eigenvalue weighted by molar-refractivity contribution is -0.128. The Labute approximate surface area is 83.7 Å². The summed E-state index contributed by atoms with van der Waals surface area (Å²) < 4.78 is 0. The zero-order chi connectivity index (χ0) is 11.3. The van der Waals surface area contributed by atoms with Crippen molar-refractivity contribution in [1.82, 2.24) is 10.6 Å². The van der Waals surface area contributed by atoms with E-state index in [2.05, 4.69) is 17.2 Å². The van der Waals surface area contributed by atoms with Gasteiger partial charge in [0.1, 0.15) is 6.04 Å². The third kappa shape index (κ3) is 4.61. The highest BCUT2D eigenvalue weighted by molar-refractivity contribution is 5.89. The van der Waals surface area contributed by atoms with Crippen LogP contribution in [0.1, 0.15) is 20.8 Å². The smallest absolute Gasteiger partial charge is 0.246 e. The van der Waals surface area contributed by atoms with Crippen molar-refractivity contribution >= 4 is 11.8 Å². The zero-order valence-electron chi connectivity index (χ0n) is 8.76. The predicted octanol–water partition coefficient (Wildman–Crippen LogP) is -0.512. The van der Waals surface area contributed by atoms with Crippen LogP contribution < -0.4 is 16.4 Å². The van der Waals surface area contributed by atoms with Gasteiger partial charge in [-0.05, 0) is 20.8 Å². The van der Waals surface area contributed by atoms with Gasteiger partial charge in [0.05, 0.1) is 6.04 Å². The quantitative estimate of drug-likeness (QED) is 0.570. The van der Waals surface area contributed by atoms with E-state index in [9.17, 15) is 9.59 Å². The average Bonchev–Trinajstić information content (AvgIpc) is 2.02. The van der Waals surface area contributed by atoms with Crippen LogP contribution in [0.5, 0.6) is 0 Å². The molecule has 5 heteroatoms. The van der Waals surface area contributed by atoms with Crippen molar-refractivity contribution in [3.05, 3.63) is 12.3 Å². The van der Waals surface area contributed by atoms with Crippen molar-refractivity contribution in [2.45, 2.75) is 32.9 Å². The van der Waals surface area contributed by atoms with Gasteiger partial charge in [-0.1, -0.05) is 6.58 Å². The summed E-state index contributed by atoms with van der Waals surface area (Å²) in [5.74, 6) is -0.652. The molecule has 0 aromatic heterocycles. The number of allylic oxidation sites excluding steroid dienone is 1. The molecule has 0 aromatic carbocycles. The fourth-order valence-corrected chi connectivity index (χ4v) is 0.729. The summed E-state index contributed by atoms with van der Waals surface area (Å²) >= 11 is 0. The Morgan fingerprint density at radius 1 is 1.29 bits per heavy atom. The molecule has 0 radical (unpaired) electrons. The highest BCUT2D eigenvalue weighted by atomic mass is 16.2. The Hall–Kier alpha value is -1.36. The van der Waals surface area contributed by atoms with E-state index in [1.165, 1.54) is 0 Å². The molecular formula is C9H17N3O2. The molecule has 2 atom stereocenters. The van der Waals surface area contributed by atoms with E-state index in [4.69, 9.17) is 5.73 Å².